The van der Waals surface area contributed by atoms with Crippen molar-refractivity contribution in [2.45, 2.75) is 57.7 Å². The van der Waals surface area contributed by atoms with Gasteiger partial charge in [-0.15, -0.1) is 0 Å². The zero-order valence-electron chi connectivity index (χ0n) is 12.5. The molecule has 2 unspecified atom stereocenters. The third-order valence-electron chi connectivity index (χ3n) is 3.34. The zero-order chi connectivity index (χ0) is 14.3. The number of hydrogen-bond acceptors (Lipinski definition) is 5. The Kier molecular flexibility index (Phi) is 6.75. The van der Waals surface area contributed by atoms with E-state index in [4.69, 9.17) is 14.2 Å². The molecule has 0 aromatic carbocycles. The van der Waals surface area contributed by atoms with Crippen LogP contribution in [-0.2, 0) is 19.0 Å². The van der Waals surface area contributed by atoms with Gasteiger partial charge in [0, 0.05) is 19.6 Å². The fourth-order valence-corrected chi connectivity index (χ4v) is 2.64. The first kappa shape index (κ1) is 16.4. The van der Waals surface area contributed by atoms with Gasteiger partial charge in [-0.3, -0.25) is 10.1 Å². The number of methoxy groups -OCH3 is 1. The lowest BCUT2D eigenvalue weighted by molar-refractivity contribution is -0.151. The van der Waals surface area contributed by atoms with Gasteiger partial charge in [0.15, 0.2) is 0 Å². The summed E-state index contributed by atoms with van der Waals surface area (Å²) in [5, 5.41) is 3.37. The van der Waals surface area contributed by atoms with Crippen LogP contribution >= 0.6 is 0 Å². The van der Waals surface area contributed by atoms with Crippen LogP contribution in [0.5, 0.6) is 0 Å². The molecular weight excluding hydrogens is 246 g/mol. The Labute approximate surface area is 116 Å². The van der Waals surface area contributed by atoms with Crippen LogP contribution < -0.4 is 5.32 Å². The van der Waals surface area contributed by atoms with Crippen LogP contribution in [0.2, 0.25) is 0 Å². The Hall–Kier alpha value is -0.650. The molecule has 0 saturated heterocycles. The van der Waals surface area contributed by atoms with Crippen molar-refractivity contribution >= 4 is 5.97 Å². The lowest BCUT2D eigenvalue weighted by atomic mass is 9.96. The molecule has 1 N–H and O–H groups in total. The summed E-state index contributed by atoms with van der Waals surface area (Å²) in [6.45, 7) is 7.49. The number of hydrogen-bond donors (Lipinski definition) is 1. The van der Waals surface area contributed by atoms with Gasteiger partial charge in [0.25, 0.3) is 0 Å². The van der Waals surface area contributed by atoms with Crippen molar-refractivity contribution in [2.75, 3.05) is 26.9 Å². The third-order valence-corrected chi connectivity index (χ3v) is 3.34. The van der Waals surface area contributed by atoms with E-state index in [-0.39, 0.29) is 18.1 Å². The van der Waals surface area contributed by atoms with E-state index in [0.29, 0.717) is 26.2 Å². The number of esters is 1. The second-order valence-electron chi connectivity index (χ2n) is 5.33. The molecule has 0 heterocycles. The number of rotatable bonds is 8. The first-order valence-electron chi connectivity index (χ1n) is 7.09. The highest BCUT2D eigenvalue weighted by molar-refractivity contribution is 5.81. The smallest absolute Gasteiger partial charge is 0.326 e. The Morgan fingerprint density at radius 3 is 2.74 bits per heavy atom. The van der Waals surface area contributed by atoms with Crippen LogP contribution in [0.4, 0.5) is 0 Å². The molecule has 0 aromatic rings. The van der Waals surface area contributed by atoms with Crippen molar-refractivity contribution < 1.29 is 19.0 Å². The molecule has 5 nitrogen and oxygen atoms in total. The molecule has 19 heavy (non-hydrogen) atoms. The molecule has 1 aliphatic carbocycles. The van der Waals surface area contributed by atoms with E-state index in [2.05, 4.69) is 5.32 Å². The lowest BCUT2D eigenvalue weighted by Gasteiger charge is -2.30. The molecule has 0 aliphatic heterocycles. The van der Waals surface area contributed by atoms with Gasteiger partial charge in [0.05, 0.1) is 25.9 Å². The van der Waals surface area contributed by atoms with Crippen molar-refractivity contribution in [3.05, 3.63) is 0 Å². The molecule has 0 spiro atoms. The molecule has 1 saturated carbocycles. The topological polar surface area (TPSA) is 56.8 Å². The lowest BCUT2D eigenvalue weighted by Crippen LogP contribution is -2.54. The number of carbonyl (C=O) groups is 1. The van der Waals surface area contributed by atoms with Crippen molar-refractivity contribution in [1.82, 2.24) is 5.32 Å². The number of ether oxygens (including phenoxy) is 3. The monoisotopic (exact) mass is 273 g/mol. The van der Waals surface area contributed by atoms with E-state index < -0.39 is 5.54 Å². The van der Waals surface area contributed by atoms with Crippen LogP contribution in [0.25, 0.3) is 0 Å². The average molecular weight is 273 g/mol. The molecule has 0 amide bonds. The molecule has 1 fully saturated rings. The summed E-state index contributed by atoms with van der Waals surface area (Å²) in [6, 6.07) is 0.238. The minimum absolute atomic E-state index is 0.103. The van der Waals surface area contributed by atoms with Crippen molar-refractivity contribution in [1.29, 1.82) is 0 Å². The highest BCUT2D eigenvalue weighted by atomic mass is 16.5. The predicted molar refractivity (Wildman–Crippen MR) is 73.1 cm³/mol. The van der Waals surface area contributed by atoms with Crippen molar-refractivity contribution in [2.24, 2.45) is 0 Å². The first-order valence-corrected chi connectivity index (χ1v) is 7.09. The third kappa shape index (κ3) is 4.75. The summed E-state index contributed by atoms with van der Waals surface area (Å²) in [5.41, 5.74) is -0.581. The standard InChI is InChI=1S/C14H27NO4/c1-5-18-13(16)14(15-11(2)3)7-6-12(10-14)19-9-8-17-4/h11-12,15H,5-10H2,1-4H3. The fourth-order valence-electron chi connectivity index (χ4n) is 2.64. The predicted octanol–water partition coefficient (Wildman–Crippen LogP) is 1.50. The summed E-state index contributed by atoms with van der Waals surface area (Å²) < 4.78 is 15.9. The minimum Gasteiger partial charge on any atom is -0.465 e. The van der Waals surface area contributed by atoms with Gasteiger partial charge in [-0.05, 0) is 33.6 Å². The quantitative estimate of drug-likeness (QED) is 0.536. The van der Waals surface area contributed by atoms with Gasteiger partial charge in [-0.2, -0.15) is 0 Å². The Morgan fingerprint density at radius 1 is 1.42 bits per heavy atom. The van der Waals surface area contributed by atoms with E-state index in [1.165, 1.54) is 0 Å². The highest BCUT2D eigenvalue weighted by Gasteiger charge is 2.47. The molecule has 1 rings (SSSR count). The molecule has 1 aliphatic rings. The van der Waals surface area contributed by atoms with E-state index >= 15 is 0 Å². The molecule has 2 atom stereocenters. The van der Waals surface area contributed by atoms with E-state index in [9.17, 15) is 4.79 Å². The minimum atomic E-state index is -0.581. The van der Waals surface area contributed by atoms with Gasteiger partial charge in [-0.1, -0.05) is 0 Å². The average Bonchev–Trinajstić information content (AvgIpc) is 2.74. The maximum absolute atomic E-state index is 12.2. The number of carbonyl (C=O) groups excluding carboxylic acids is 1. The summed E-state index contributed by atoms with van der Waals surface area (Å²) in [7, 11) is 1.65. The second kappa shape index (κ2) is 7.82. The van der Waals surface area contributed by atoms with E-state index in [0.717, 1.165) is 12.8 Å². The summed E-state index contributed by atoms with van der Waals surface area (Å²) in [5.74, 6) is -0.151. The Morgan fingerprint density at radius 2 is 2.16 bits per heavy atom. The normalized spacial score (nSPS) is 26.9. The SMILES string of the molecule is CCOC(=O)C1(NC(C)C)CCC(OCCOC)C1. The van der Waals surface area contributed by atoms with E-state index in [1.807, 2.05) is 20.8 Å². The summed E-state index contributed by atoms with van der Waals surface area (Å²) >= 11 is 0. The van der Waals surface area contributed by atoms with Crippen molar-refractivity contribution in [3.63, 3.8) is 0 Å². The molecule has 0 aromatic heterocycles. The number of nitrogens with one attached hydrogen (secondary N) is 1. The second-order valence-corrected chi connectivity index (χ2v) is 5.33. The largest absolute Gasteiger partial charge is 0.465 e. The maximum Gasteiger partial charge on any atom is 0.326 e. The highest BCUT2D eigenvalue weighted by Crippen LogP contribution is 2.33. The zero-order valence-corrected chi connectivity index (χ0v) is 12.5. The fraction of sp³-hybridized carbons (Fsp3) is 0.929. The first-order chi connectivity index (χ1) is 9.04. The van der Waals surface area contributed by atoms with Crippen LogP contribution in [-0.4, -0.2) is 50.6 Å². The molecule has 0 bridgehead atoms. The van der Waals surface area contributed by atoms with Gasteiger partial charge >= 0.3 is 5.97 Å². The molecule has 0 radical (unpaired) electrons. The van der Waals surface area contributed by atoms with Crippen LogP contribution in [0.3, 0.4) is 0 Å². The van der Waals surface area contributed by atoms with Crippen LogP contribution in [0, 0.1) is 0 Å². The summed E-state index contributed by atoms with van der Waals surface area (Å²) in [6.07, 6.45) is 2.42. The molecule has 5 heteroatoms. The van der Waals surface area contributed by atoms with Gasteiger partial charge in [-0.25, -0.2) is 0 Å². The summed E-state index contributed by atoms with van der Waals surface area (Å²) in [4.78, 5) is 12.2. The van der Waals surface area contributed by atoms with Gasteiger partial charge in [0.1, 0.15) is 5.54 Å². The van der Waals surface area contributed by atoms with Crippen LogP contribution in [0.1, 0.15) is 40.0 Å². The van der Waals surface area contributed by atoms with Gasteiger partial charge < -0.3 is 14.2 Å². The van der Waals surface area contributed by atoms with E-state index in [1.54, 1.807) is 7.11 Å². The molecule has 112 valence electrons. The van der Waals surface area contributed by atoms with Crippen LogP contribution in [0.15, 0.2) is 0 Å². The Bertz CT molecular complexity index is 283. The van der Waals surface area contributed by atoms with Crippen molar-refractivity contribution in [3.8, 4) is 0 Å². The maximum atomic E-state index is 12.2. The van der Waals surface area contributed by atoms with Gasteiger partial charge in [0.2, 0.25) is 0 Å². The Balaban J connectivity index is 2.59. The molecular formula is C14H27NO4.